The predicted octanol–water partition coefficient (Wildman–Crippen LogP) is 3.52. The lowest BCUT2D eigenvalue weighted by Crippen LogP contribution is -1.99. The van der Waals surface area contributed by atoms with Crippen LogP contribution in [0.15, 0.2) is 23.4 Å². The molecule has 0 bridgehead atoms. The highest BCUT2D eigenvalue weighted by molar-refractivity contribution is 7.08. The van der Waals surface area contributed by atoms with Crippen molar-refractivity contribution < 1.29 is 4.79 Å². The molecule has 13 heavy (non-hydrogen) atoms. The average Bonchev–Trinajstić information content (AvgIpc) is 2.65. The van der Waals surface area contributed by atoms with E-state index in [1.165, 1.54) is 0 Å². The van der Waals surface area contributed by atoms with Crippen LogP contribution in [0.1, 0.15) is 31.7 Å². The van der Waals surface area contributed by atoms with Crippen molar-refractivity contribution in [3.8, 4) is 0 Å². The molecule has 1 nitrogen and oxygen atoms in total. The van der Waals surface area contributed by atoms with E-state index >= 15 is 0 Å². The first-order chi connectivity index (χ1) is 6.25. The highest BCUT2D eigenvalue weighted by Crippen LogP contribution is 2.18. The quantitative estimate of drug-likeness (QED) is 0.655. The van der Waals surface area contributed by atoms with Crippen LogP contribution in [-0.4, -0.2) is 5.78 Å². The van der Waals surface area contributed by atoms with Gasteiger partial charge in [-0.2, -0.15) is 11.3 Å². The second-order valence-electron chi connectivity index (χ2n) is 3.02. The first-order valence-electron chi connectivity index (χ1n) is 4.50. The normalized spacial score (nSPS) is 9.92. The number of thiophene rings is 1. The van der Waals surface area contributed by atoms with Gasteiger partial charge < -0.3 is 0 Å². The lowest BCUT2D eigenvalue weighted by molar-refractivity contribution is -0.113. The molecule has 0 aliphatic carbocycles. The fraction of sp³-hybridized carbons (Fsp3) is 0.364. The third-order valence-corrected chi connectivity index (χ3v) is 2.65. The van der Waals surface area contributed by atoms with Crippen LogP contribution in [0.2, 0.25) is 0 Å². The number of carbonyl (C=O) groups is 1. The van der Waals surface area contributed by atoms with Crippen molar-refractivity contribution in [2.75, 3.05) is 0 Å². The molecule has 0 spiro atoms. The van der Waals surface area contributed by atoms with Crippen LogP contribution < -0.4 is 0 Å². The molecule has 0 radical (unpaired) electrons. The van der Waals surface area contributed by atoms with Gasteiger partial charge >= 0.3 is 0 Å². The molecule has 0 aliphatic heterocycles. The molecule has 1 aromatic rings. The van der Waals surface area contributed by atoms with Crippen molar-refractivity contribution in [1.82, 2.24) is 0 Å². The molecular formula is C11H14OS. The van der Waals surface area contributed by atoms with E-state index in [-0.39, 0.29) is 5.78 Å². The Hall–Kier alpha value is -0.890. The molecule has 2 heteroatoms. The number of Topliss-reactive ketones (excluding diaryl/α,β-unsaturated/α-hetero) is 1. The third kappa shape index (κ3) is 2.81. The summed E-state index contributed by atoms with van der Waals surface area (Å²) in [7, 11) is 0. The van der Waals surface area contributed by atoms with E-state index in [2.05, 4.69) is 13.5 Å². The number of hydrogen-bond acceptors (Lipinski definition) is 2. The molecule has 0 unspecified atom stereocenters. The predicted molar refractivity (Wildman–Crippen MR) is 57.9 cm³/mol. The van der Waals surface area contributed by atoms with Gasteiger partial charge in [0.15, 0.2) is 5.78 Å². The van der Waals surface area contributed by atoms with Crippen molar-refractivity contribution in [2.45, 2.75) is 26.2 Å². The number of carbonyl (C=O) groups excluding carboxylic acids is 1. The van der Waals surface area contributed by atoms with E-state index in [9.17, 15) is 4.79 Å². The van der Waals surface area contributed by atoms with Crippen LogP contribution in [-0.2, 0) is 4.79 Å². The summed E-state index contributed by atoms with van der Waals surface area (Å²) < 4.78 is 0. The van der Waals surface area contributed by atoms with Crippen molar-refractivity contribution >= 4 is 22.7 Å². The summed E-state index contributed by atoms with van der Waals surface area (Å²) in [4.78, 5) is 11.5. The fourth-order valence-corrected chi connectivity index (χ4v) is 1.76. The van der Waals surface area contributed by atoms with Gasteiger partial charge in [0.2, 0.25) is 0 Å². The summed E-state index contributed by atoms with van der Waals surface area (Å²) in [5.41, 5.74) is 1.64. The molecule has 0 amide bonds. The molecule has 1 rings (SSSR count). The number of hydrogen-bond donors (Lipinski definition) is 0. The number of ketones is 1. The van der Waals surface area contributed by atoms with Crippen LogP contribution in [0.5, 0.6) is 0 Å². The van der Waals surface area contributed by atoms with Crippen molar-refractivity contribution in [2.24, 2.45) is 0 Å². The Bertz CT molecular complexity index is 285. The largest absolute Gasteiger partial charge is 0.294 e. The molecule has 1 aromatic heterocycles. The molecule has 0 atom stereocenters. The summed E-state index contributed by atoms with van der Waals surface area (Å²) in [5.74, 6) is 0.181. The van der Waals surface area contributed by atoms with E-state index in [0.717, 1.165) is 18.4 Å². The van der Waals surface area contributed by atoms with Gasteiger partial charge in [-0.3, -0.25) is 4.79 Å². The SMILES string of the molecule is C=C(C(=O)CCCC)c1ccsc1. The van der Waals surface area contributed by atoms with Gasteiger partial charge in [-0.05, 0) is 28.8 Å². The van der Waals surface area contributed by atoms with E-state index in [1.807, 2.05) is 16.8 Å². The second kappa shape index (κ2) is 4.97. The monoisotopic (exact) mass is 194 g/mol. The Morgan fingerprint density at radius 3 is 2.92 bits per heavy atom. The smallest absolute Gasteiger partial charge is 0.162 e. The summed E-state index contributed by atoms with van der Waals surface area (Å²) in [6.45, 7) is 5.89. The Morgan fingerprint density at radius 2 is 2.38 bits per heavy atom. The van der Waals surface area contributed by atoms with Crippen LogP contribution in [0.3, 0.4) is 0 Å². The minimum Gasteiger partial charge on any atom is -0.294 e. The minimum atomic E-state index is 0.181. The van der Waals surface area contributed by atoms with Gasteiger partial charge in [-0.1, -0.05) is 19.9 Å². The molecule has 0 aromatic carbocycles. The molecule has 0 saturated heterocycles. The van der Waals surface area contributed by atoms with Gasteiger partial charge in [-0.25, -0.2) is 0 Å². The van der Waals surface area contributed by atoms with E-state index in [0.29, 0.717) is 12.0 Å². The van der Waals surface area contributed by atoms with Crippen molar-refractivity contribution in [3.05, 3.63) is 29.0 Å². The van der Waals surface area contributed by atoms with Crippen molar-refractivity contribution in [1.29, 1.82) is 0 Å². The van der Waals surface area contributed by atoms with Crippen LogP contribution >= 0.6 is 11.3 Å². The molecule has 70 valence electrons. The molecule has 1 heterocycles. The van der Waals surface area contributed by atoms with E-state index in [4.69, 9.17) is 0 Å². The number of unbranched alkanes of at least 4 members (excludes halogenated alkanes) is 1. The fourth-order valence-electron chi connectivity index (χ4n) is 1.09. The van der Waals surface area contributed by atoms with E-state index in [1.54, 1.807) is 11.3 Å². The summed E-state index contributed by atoms with van der Waals surface area (Å²) in [6, 6.07) is 1.94. The Labute approximate surface area is 83.1 Å². The maximum absolute atomic E-state index is 11.5. The van der Waals surface area contributed by atoms with Gasteiger partial charge in [0.1, 0.15) is 0 Å². The van der Waals surface area contributed by atoms with Gasteiger partial charge in [0, 0.05) is 12.0 Å². The van der Waals surface area contributed by atoms with Gasteiger partial charge in [-0.15, -0.1) is 0 Å². The Balaban J connectivity index is 2.53. The molecular weight excluding hydrogens is 180 g/mol. The maximum Gasteiger partial charge on any atom is 0.162 e. The van der Waals surface area contributed by atoms with Crippen LogP contribution in [0.4, 0.5) is 0 Å². The summed E-state index contributed by atoms with van der Waals surface area (Å²) >= 11 is 1.60. The second-order valence-corrected chi connectivity index (χ2v) is 3.80. The van der Waals surface area contributed by atoms with Crippen LogP contribution in [0, 0.1) is 0 Å². The lowest BCUT2D eigenvalue weighted by Gasteiger charge is -2.00. The Morgan fingerprint density at radius 1 is 1.62 bits per heavy atom. The molecule has 0 aliphatic rings. The molecule has 0 saturated carbocycles. The first kappa shape index (κ1) is 10.2. The van der Waals surface area contributed by atoms with Crippen molar-refractivity contribution in [3.63, 3.8) is 0 Å². The highest BCUT2D eigenvalue weighted by atomic mass is 32.1. The molecule has 0 N–H and O–H groups in total. The third-order valence-electron chi connectivity index (χ3n) is 1.96. The zero-order chi connectivity index (χ0) is 9.68. The Kier molecular flexibility index (Phi) is 3.90. The summed E-state index contributed by atoms with van der Waals surface area (Å²) in [6.07, 6.45) is 2.65. The van der Waals surface area contributed by atoms with E-state index < -0.39 is 0 Å². The standard InChI is InChI=1S/C11H14OS/c1-3-4-5-11(12)9(2)10-6-7-13-8-10/h6-8H,2-5H2,1H3. The zero-order valence-corrected chi connectivity index (χ0v) is 8.69. The van der Waals surface area contributed by atoms with Crippen LogP contribution in [0.25, 0.3) is 5.57 Å². The zero-order valence-electron chi connectivity index (χ0n) is 7.88. The maximum atomic E-state index is 11.5. The average molecular weight is 194 g/mol. The number of rotatable bonds is 5. The highest BCUT2D eigenvalue weighted by Gasteiger charge is 2.08. The topological polar surface area (TPSA) is 17.1 Å². The molecule has 0 fully saturated rings. The van der Waals surface area contributed by atoms with Gasteiger partial charge in [0.05, 0.1) is 0 Å². The lowest BCUT2D eigenvalue weighted by atomic mass is 10.0. The number of allylic oxidation sites excluding steroid dienone is 1. The minimum absolute atomic E-state index is 0.181. The first-order valence-corrected chi connectivity index (χ1v) is 5.44. The van der Waals surface area contributed by atoms with Gasteiger partial charge in [0.25, 0.3) is 0 Å². The summed E-state index contributed by atoms with van der Waals surface area (Å²) in [5, 5.41) is 3.93.